The molecule has 0 saturated carbocycles. The number of halogens is 1. The van der Waals surface area contributed by atoms with Gasteiger partial charge in [0.15, 0.2) is 0 Å². The SMILES string of the molecule is Cc1cccc(NC(=O)CCc2ccc(-c3cccc(Cl)c3)o2)c1. The molecule has 0 aliphatic heterocycles. The molecule has 1 heterocycles. The summed E-state index contributed by atoms with van der Waals surface area (Å²) in [6.07, 6.45) is 0.925. The van der Waals surface area contributed by atoms with E-state index in [-0.39, 0.29) is 5.91 Å². The zero-order valence-corrected chi connectivity index (χ0v) is 14.1. The average molecular weight is 340 g/mol. The fourth-order valence-electron chi connectivity index (χ4n) is 2.49. The number of carbonyl (C=O) groups is 1. The summed E-state index contributed by atoms with van der Waals surface area (Å²) >= 11 is 6.00. The van der Waals surface area contributed by atoms with Crippen LogP contribution in [0.2, 0.25) is 5.02 Å². The third-order valence-electron chi connectivity index (χ3n) is 3.67. The molecule has 0 fully saturated rings. The number of carbonyl (C=O) groups excluding carboxylic acids is 1. The van der Waals surface area contributed by atoms with Crippen LogP contribution in [0, 0.1) is 6.92 Å². The van der Waals surface area contributed by atoms with Crippen molar-refractivity contribution in [3.8, 4) is 11.3 Å². The van der Waals surface area contributed by atoms with E-state index in [1.807, 2.05) is 67.6 Å². The lowest BCUT2D eigenvalue weighted by Gasteiger charge is -2.05. The Balaban J connectivity index is 1.58. The Kier molecular flexibility index (Phi) is 5.02. The van der Waals surface area contributed by atoms with Crippen LogP contribution in [0.25, 0.3) is 11.3 Å². The molecule has 3 aromatic rings. The molecule has 3 nitrogen and oxygen atoms in total. The summed E-state index contributed by atoms with van der Waals surface area (Å²) in [5.74, 6) is 1.51. The first-order chi connectivity index (χ1) is 11.6. The van der Waals surface area contributed by atoms with Crippen molar-refractivity contribution in [3.05, 3.63) is 77.0 Å². The summed E-state index contributed by atoms with van der Waals surface area (Å²) in [5.41, 5.74) is 2.86. The Morgan fingerprint density at radius 1 is 1.08 bits per heavy atom. The number of rotatable bonds is 5. The molecule has 1 N–H and O–H groups in total. The Bertz CT molecular complexity index is 854. The van der Waals surface area contributed by atoms with E-state index in [2.05, 4.69) is 5.32 Å². The first-order valence-corrected chi connectivity index (χ1v) is 8.19. The van der Waals surface area contributed by atoms with E-state index in [1.54, 1.807) is 0 Å². The summed E-state index contributed by atoms with van der Waals surface area (Å²) in [6.45, 7) is 2.00. The second-order valence-electron chi connectivity index (χ2n) is 5.69. The molecular weight excluding hydrogens is 322 g/mol. The van der Waals surface area contributed by atoms with Gasteiger partial charge in [0.1, 0.15) is 11.5 Å². The van der Waals surface area contributed by atoms with E-state index in [0.29, 0.717) is 17.9 Å². The molecular formula is C20H18ClNO2. The number of furan rings is 1. The fraction of sp³-hybridized carbons (Fsp3) is 0.150. The monoisotopic (exact) mass is 339 g/mol. The van der Waals surface area contributed by atoms with Gasteiger partial charge < -0.3 is 9.73 Å². The minimum Gasteiger partial charge on any atom is -0.461 e. The Morgan fingerprint density at radius 3 is 2.71 bits per heavy atom. The highest BCUT2D eigenvalue weighted by atomic mass is 35.5. The number of anilines is 1. The van der Waals surface area contributed by atoms with E-state index in [1.165, 1.54) is 0 Å². The van der Waals surface area contributed by atoms with Crippen LogP contribution in [-0.4, -0.2) is 5.91 Å². The molecule has 122 valence electrons. The lowest BCUT2D eigenvalue weighted by molar-refractivity contribution is -0.116. The van der Waals surface area contributed by atoms with Gasteiger partial charge >= 0.3 is 0 Å². The van der Waals surface area contributed by atoms with Crippen molar-refractivity contribution in [2.24, 2.45) is 0 Å². The van der Waals surface area contributed by atoms with Crippen LogP contribution in [0.15, 0.2) is 65.1 Å². The van der Waals surface area contributed by atoms with Gasteiger partial charge in [-0.2, -0.15) is 0 Å². The highest BCUT2D eigenvalue weighted by Crippen LogP contribution is 2.25. The number of aryl methyl sites for hydroxylation is 2. The summed E-state index contributed by atoms with van der Waals surface area (Å²) in [7, 11) is 0. The first-order valence-electron chi connectivity index (χ1n) is 7.81. The zero-order chi connectivity index (χ0) is 16.9. The molecule has 0 unspecified atom stereocenters. The van der Waals surface area contributed by atoms with Crippen molar-refractivity contribution in [3.63, 3.8) is 0 Å². The van der Waals surface area contributed by atoms with Gasteiger partial charge in [0, 0.05) is 29.1 Å². The van der Waals surface area contributed by atoms with Crippen LogP contribution < -0.4 is 5.32 Å². The van der Waals surface area contributed by atoms with Gasteiger partial charge in [-0.25, -0.2) is 0 Å². The van der Waals surface area contributed by atoms with Gasteiger partial charge in [-0.3, -0.25) is 4.79 Å². The molecule has 0 bridgehead atoms. The van der Waals surface area contributed by atoms with Crippen molar-refractivity contribution >= 4 is 23.2 Å². The lowest BCUT2D eigenvalue weighted by atomic mass is 10.2. The largest absolute Gasteiger partial charge is 0.461 e. The third kappa shape index (κ3) is 4.27. The molecule has 1 aromatic heterocycles. The van der Waals surface area contributed by atoms with E-state index >= 15 is 0 Å². The van der Waals surface area contributed by atoms with Crippen molar-refractivity contribution in [2.75, 3.05) is 5.32 Å². The van der Waals surface area contributed by atoms with Crippen molar-refractivity contribution in [1.29, 1.82) is 0 Å². The molecule has 2 aromatic carbocycles. The second kappa shape index (κ2) is 7.37. The van der Waals surface area contributed by atoms with Crippen molar-refractivity contribution in [2.45, 2.75) is 19.8 Å². The summed E-state index contributed by atoms with van der Waals surface area (Å²) in [5, 5.41) is 3.57. The molecule has 3 rings (SSSR count). The number of hydrogen-bond acceptors (Lipinski definition) is 2. The van der Waals surface area contributed by atoms with E-state index in [0.717, 1.165) is 28.3 Å². The van der Waals surface area contributed by atoms with E-state index < -0.39 is 0 Å². The van der Waals surface area contributed by atoms with Gasteiger partial charge in [0.25, 0.3) is 0 Å². The molecule has 4 heteroatoms. The summed E-state index contributed by atoms with van der Waals surface area (Å²) in [4.78, 5) is 12.0. The molecule has 24 heavy (non-hydrogen) atoms. The quantitative estimate of drug-likeness (QED) is 0.668. The number of hydrogen-bond donors (Lipinski definition) is 1. The third-order valence-corrected chi connectivity index (χ3v) is 3.91. The van der Waals surface area contributed by atoms with Gasteiger partial charge in [-0.05, 0) is 48.9 Å². The van der Waals surface area contributed by atoms with Crippen LogP contribution >= 0.6 is 11.6 Å². The normalized spacial score (nSPS) is 10.6. The molecule has 0 aliphatic rings. The highest BCUT2D eigenvalue weighted by Gasteiger charge is 2.08. The Morgan fingerprint density at radius 2 is 1.92 bits per heavy atom. The van der Waals surface area contributed by atoms with Crippen molar-refractivity contribution < 1.29 is 9.21 Å². The molecule has 0 aliphatic carbocycles. The lowest BCUT2D eigenvalue weighted by Crippen LogP contribution is -2.12. The number of nitrogens with one attached hydrogen (secondary N) is 1. The van der Waals surface area contributed by atoms with Gasteiger partial charge in [-0.1, -0.05) is 35.9 Å². The minimum absolute atomic E-state index is 0.0266. The van der Waals surface area contributed by atoms with Crippen LogP contribution in [0.5, 0.6) is 0 Å². The van der Waals surface area contributed by atoms with Crippen LogP contribution in [0.1, 0.15) is 17.7 Å². The Hall–Kier alpha value is -2.52. The highest BCUT2D eigenvalue weighted by molar-refractivity contribution is 6.30. The standard InChI is InChI=1S/C20H18ClNO2/c1-14-4-2-7-17(12-14)22-20(23)11-9-18-8-10-19(24-18)15-5-3-6-16(21)13-15/h2-8,10,12-13H,9,11H2,1H3,(H,22,23). The maximum Gasteiger partial charge on any atom is 0.224 e. The zero-order valence-electron chi connectivity index (χ0n) is 13.4. The molecule has 0 atom stereocenters. The minimum atomic E-state index is -0.0266. The van der Waals surface area contributed by atoms with E-state index in [4.69, 9.17) is 16.0 Å². The van der Waals surface area contributed by atoms with Crippen molar-refractivity contribution in [1.82, 2.24) is 0 Å². The average Bonchev–Trinajstić information content (AvgIpc) is 3.02. The maximum absolute atomic E-state index is 12.0. The van der Waals surface area contributed by atoms with Gasteiger partial charge in [0.05, 0.1) is 0 Å². The molecule has 0 radical (unpaired) electrons. The van der Waals surface area contributed by atoms with Crippen LogP contribution in [0.4, 0.5) is 5.69 Å². The topological polar surface area (TPSA) is 42.2 Å². The van der Waals surface area contributed by atoms with Gasteiger partial charge in [0.2, 0.25) is 5.91 Å². The predicted molar refractivity (Wildman–Crippen MR) is 97.3 cm³/mol. The fourth-order valence-corrected chi connectivity index (χ4v) is 2.68. The smallest absolute Gasteiger partial charge is 0.224 e. The second-order valence-corrected chi connectivity index (χ2v) is 6.13. The maximum atomic E-state index is 12.0. The van der Waals surface area contributed by atoms with Crippen LogP contribution in [-0.2, 0) is 11.2 Å². The molecule has 0 spiro atoms. The first kappa shape index (κ1) is 16.3. The van der Waals surface area contributed by atoms with E-state index in [9.17, 15) is 4.79 Å². The predicted octanol–water partition coefficient (Wildman–Crippen LogP) is 5.48. The summed E-state index contributed by atoms with van der Waals surface area (Å²) in [6, 6.07) is 19.1. The number of benzene rings is 2. The Labute approximate surface area is 146 Å². The summed E-state index contributed by atoms with van der Waals surface area (Å²) < 4.78 is 5.81. The van der Waals surface area contributed by atoms with Gasteiger partial charge in [-0.15, -0.1) is 0 Å². The molecule has 1 amide bonds. The molecule has 0 saturated heterocycles. The number of amides is 1. The van der Waals surface area contributed by atoms with Crippen LogP contribution in [0.3, 0.4) is 0 Å².